The molecule has 2 amide bonds. The normalized spacial score (nSPS) is 26.6. The molecule has 0 radical (unpaired) electrons. The van der Waals surface area contributed by atoms with Crippen LogP contribution in [0, 0.1) is 0 Å². The van der Waals surface area contributed by atoms with Gasteiger partial charge in [0, 0.05) is 18.3 Å². The predicted molar refractivity (Wildman–Crippen MR) is 58.0 cm³/mol. The van der Waals surface area contributed by atoms with Gasteiger partial charge in [0.15, 0.2) is 0 Å². The summed E-state index contributed by atoms with van der Waals surface area (Å²) < 4.78 is 0. The Morgan fingerprint density at radius 2 is 2.31 bits per heavy atom. The molecule has 1 saturated heterocycles. The number of fused-ring (bicyclic) bond motifs is 4. The lowest BCUT2D eigenvalue weighted by atomic mass is 9.95. The van der Waals surface area contributed by atoms with Gasteiger partial charge in [0.1, 0.15) is 0 Å². The highest BCUT2D eigenvalue weighted by molar-refractivity contribution is 5.74. The van der Waals surface area contributed by atoms with E-state index in [2.05, 4.69) is 4.98 Å². The smallest absolute Gasteiger partial charge is 0.315 e. The Kier molecular flexibility index (Phi) is 1.83. The number of carbonyl (C=O) groups is 1. The molecular formula is C11H13N3O2. The number of H-pyrrole nitrogens is 1. The molecule has 2 aliphatic rings. The van der Waals surface area contributed by atoms with E-state index in [1.807, 2.05) is 0 Å². The lowest BCUT2D eigenvalue weighted by Gasteiger charge is -2.34. The molecule has 2 aliphatic heterocycles. The molecule has 0 spiro atoms. The molecule has 2 unspecified atom stereocenters. The van der Waals surface area contributed by atoms with E-state index >= 15 is 0 Å². The summed E-state index contributed by atoms with van der Waals surface area (Å²) in [6.07, 6.45) is 4.38. The summed E-state index contributed by atoms with van der Waals surface area (Å²) in [6, 6.07) is 1.52. The first-order chi connectivity index (χ1) is 7.66. The van der Waals surface area contributed by atoms with Gasteiger partial charge < -0.3 is 15.6 Å². The quantitative estimate of drug-likeness (QED) is 0.667. The number of hydrogen-bond donors (Lipinski definition) is 2. The number of rotatable bonds is 0. The van der Waals surface area contributed by atoms with Crippen LogP contribution in [0.4, 0.5) is 4.79 Å². The summed E-state index contributed by atoms with van der Waals surface area (Å²) in [5, 5.41) is 0. The van der Waals surface area contributed by atoms with Crippen LogP contribution >= 0.6 is 0 Å². The fourth-order valence-electron chi connectivity index (χ4n) is 2.99. The number of carbonyl (C=O) groups excluding carboxylic acids is 1. The van der Waals surface area contributed by atoms with Crippen LogP contribution < -0.4 is 11.3 Å². The Morgan fingerprint density at radius 3 is 3.06 bits per heavy atom. The van der Waals surface area contributed by atoms with Crippen molar-refractivity contribution in [3.63, 3.8) is 0 Å². The van der Waals surface area contributed by atoms with Crippen LogP contribution in [0.2, 0.25) is 0 Å². The van der Waals surface area contributed by atoms with E-state index in [4.69, 9.17) is 5.73 Å². The van der Waals surface area contributed by atoms with Gasteiger partial charge in [-0.15, -0.1) is 0 Å². The number of urea groups is 1. The highest BCUT2D eigenvalue weighted by Gasteiger charge is 2.41. The van der Waals surface area contributed by atoms with Gasteiger partial charge in [-0.3, -0.25) is 4.79 Å². The second-order valence-electron chi connectivity index (χ2n) is 4.47. The molecule has 84 valence electrons. The number of aromatic amines is 1. The topological polar surface area (TPSA) is 79.2 Å². The van der Waals surface area contributed by atoms with Crippen molar-refractivity contribution in [1.82, 2.24) is 9.88 Å². The van der Waals surface area contributed by atoms with Crippen molar-refractivity contribution in [2.24, 2.45) is 5.73 Å². The van der Waals surface area contributed by atoms with Crippen LogP contribution in [-0.4, -0.2) is 22.0 Å². The number of amides is 2. The van der Waals surface area contributed by atoms with Crippen LogP contribution in [0.25, 0.3) is 0 Å². The maximum absolute atomic E-state index is 11.4. The van der Waals surface area contributed by atoms with E-state index in [0.717, 1.165) is 30.4 Å². The van der Waals surface area contributed by atoms with Crippen LogP contribution in [0.1, 0.15) is 30.0 Å². The summed E-state index contributed by atoms with van der Waals surface area (Å²) in [5.41, 5.74) is 7.42. The van der Waals surface area contributed by atoms with E-state index in [1.54, 1.807) is 17.2 Å². The fourth-order valence-corrected chi connectivity index (χ4v) is 2.99. The standard InChI is InChI=1S/C11H13N3O2/c12-11(16)14-7-1-2-9(14)8-5-13-10(15)4-6(8)3-7/h4-5,7,9H,1-3H2,(H2,12,16)(H,13,15). The van der Waals surface area contributed by atoms with Crippen molar-refractivity contribution < 1.29 is 4.79 Å². The number of pyridine rings is 1. The molecule has 5 nitrogen and oxygen atoms in total. The molecule has 16 heavy (non-hydrogen) atoms. The van der Waals surface area contributed by atoms with Crippen molar-refractivity contribution in [3.8, 4) is 0 Å². The predicted octanol–water partition coefficient (Wildman–Crippen LogP) is 0.515. The van der Waals surface area contributed by atoms with Gasteiger partial charge in [-0.25, -0.2) is 4.79 Å². The third-order valence-electron chi connectivity index (χ3n) is 3.62. The minimum Gasteiger partial charge on any atom is -0.351 e. The zero-order chi connectivity index (χ0) is 11.3. The summed E-state index contributed by atoms with van der Waals surface area (Å²) in [5.74, 6) is 0. The molecule has 2 bridgehead atoms. The minimum absolute atomic E-state index is 0.0584. The maximum Gasteiger partial charge on any atom is 0.315 e. The van der Waals surface area contributed by atoms with E-state index in [9.17, 15) is 9.59 Å². The molecule has 0 aliphatic carbocycles. The number of aromatic nitrogens is 1. The Hall–Kier alpha value is -1.78. The number of primary amides is 1. The van der Waals surface area contributed by atoms with Crippen LogP contribution in [0.15, 0.2) is 17.1 Å². The largest absolute Gasteiger partial charge is 0.351 e. The number of nitrogens with two attached hydrogens (primary N) is 1. The maximum atomic E-state index is 11.4. The highest BCUT2D eigenvalue weighted by atomic mass is 16.2. The second-order valence-corrected chi connectivity index (χ2v) is 4.47. The van der Waals surface area contributed by atoms with Gasteiger partial charge in [-0.05, 0) is 30.4 Å². The second kappa shape index (κ2) is 3.10. The minimum atomic E-state index is -0.357. The molecular weight excluding hydrogens is 206 g/mol. The number of nitrogens with zero attached hydrogens (tertiary/aromatic N) is 1. The van der Waals surface area contributed by atoms with Crippen molar-refractivity contribution >= 4 is 6.03 Å². The average Bonchev–Trinajstić information content (AvgIpc) is 2.54. The number of hydrogen-bond acceptors (Lipinski definition) is 2. The van der Waals surface area contributed by atoms with E-state index in [0.29, 0.717) is 0 Å². The fraction of sp³-hybridized carbons (Fsp3) is 0.455. The molecule has 3 N–H and O–H groups in total. The average molecular weight is 219 g/mol. The molecule has 3 heterocycles. The van der Waals surface area contributed by atoms with Gasteiger partial charge in [-0.2, -0.15) is 0 Å². The lowest BCUT2D eigenvalue weighted by Crippen LogP contribution is -2.45. The van der Waals surface area contributed by atoms with E-state index in [1.165, 1.54) is 0 Å². The lowest BCUT2D eigenvalue weighted by molar-refractivity contribution is 0.175. The zero-order valence-electron chi connectivity index (χ0n) is 8.77. The molecule has 0 aromatic carbocycles. The van der Waals surface area contributed by atoms with Gasteiger partial charge >= 0.3 is 6.03 Å². The first-order valence-corrected chi connectivity index (χ1v) is 5.46. The molecule has 1 aromatic rings. The Bertz CT molecular complexity index is 508. The van der Waals surface area contributed by atoms with Gasteiger partial charge in [-0.1, -0.05) is 0 Å². The third-order valence-corrected chi connectivity index (χ3v) is 3.62. The van der Waals surface area contributed by atoms with Crippen LogP contribution in [-0.2, 0) is 6.42 Å². The first kappa shape index (κ1) is 9.45. The summed E-state index contributed by atoms with van der Waals surface area (Å²) in [7, 11) is 0. The SMILES string of the molecule is NC(=O)N1C2CCC1c1c[nH]c(=O)cc1C2. The van der Waals surface area contributed by atoms with Crippen molar-refractivity contribution in [1.29, 1.82) is 0 Å². The molecule has 3 rings (SSSR count). The molecule has 1 fully saturated rings. The number of nitrogens with one attached hydrogen (secondary N) is 1. The van der Waals surface area contributed by atoms with Crippen molar-refractivity contribution in [2.75, 3.05) is 0 Å². The van der Waals surface area contributed by atoms with Gasteiger partial charge in [0.2, 0.25) is 5.56 Å². The van der Waals surface area contributed by atoms with Crippen LogP contribution in [0.3, 0.4) is 0 Å². The van der Waals surface area contributed by atoms with Gasteiger partial charge in [0.25, 0.3) is 0 Å². The van der Waals surface area contributed by atoms with Gasteiger partial charge in [0.05, 0.1) is 6.04 Å². The van der Waals surface area contributed by atoms with Crippen molar-refractivity contribution in [3.05, 3.63) is 33.7 Å². The van der Waals surface area contributed by atoms with E-state index in [-0.39, 0.29) is 23.7 Å². The van der Waals surface area contributed by atoms with E-state index < -0.39 is 0 Å². The molecule has 1 aromatic heterocycles. The zero-order valence-corrected chi connectivity index (χ0v) is 8.77. The first-order valence-electron chi connectivity index (χ1n) is 5.46. The van der Waals surface area contributed by atoms with Crippen molar-refractivity contribution in [2.45, 2.75) is 31.3 Å². The summed E-state index contributed by atoms with van der Waals surface area (Å²) in [4.78, 5) is 27.0. The summed E-state index contributed by atoms with van der Waals surface area (Å²) in [6.45, 7) is 0. The third kappa shape index (κ3) is 1.17. The highest BCUT2D eigenvalue weighted by Crippen LogP contribution is 2.42. The van der Waals surface area contributed by atoms with Crippen LogP contribution in [0.5, 0.6) is 0 Å². The Labute approximate surface area is 92.3 Å². The molecule has 5 heteroatoms. The Balaban J connectivity index is 2.11. The molecule has 0 saturated carbocycles. The summed E-state index contributed by atoms with van der Waals surface area (Å²) >= 11 is 0. The molecule has 2 atom stereocenters. The monoisotopic (exact) mass is 219 g/mol. The Morgan fingerprint density at radius 1 is 1.50 bits per heavy atom.